The lowest BCUT2D eigenvalue weighted by Gasteiger charge is -2.18. The van der Waals surface area contributed by atoms with E-state index >= 15 is 0 Å². The number of rotatable bonds is 55. The highest BCUT2D eigenvalue weighted by molar-refractivity contribution is 5.71. The molecule has 0 saturated heterocycles. The van der Waals surface area contributed by atoms with E-state index < -0.39 is 6.10 Å². The number of unbranched alkanes of at least 4 members (excludes halogenated alkanes) is 38. The number of carbonyl (C=O) groups excluding carboxylic acids is 3. The molecule has 6 nitrogen and oxygen atoms in total. The van der Waals surface area contributed by atoms with Gasteiger partial charge in [-0.2, -0.15) is 0 Å². The van der Waals surface area contributed by atoms with Gasteiger partial charge in [0.25, 0.3) is 0 Å². The third kappa shape index (κ3) is 54.6. The Morgan fingerprint density at radius 2 is 0.574 bits per heavy atom. The van der Waals surface area contributed by atoms with Gasteiger partial charge in [-0.15, -0.1) is 0 Å². The predicted molar refractivity (Wildman–Crippen MR) is 293 cm³/mol. The van der Waals surface area contributed by atoms with Crippen LogP contribution in [0.3, 0.4) is 0 Å². The van der Waals surface area contributed by atoms with Gasteiger partial charge in [0.2, 0.25) is 0 Å². The maximum atomic E-state index is 12.8. The van der Waals surface area contributed by atoms with Gasteiger partial charge in [0.05, 0.1) is 0 Å². The van der Waals surface area contributed by atoms with Gasteiger partial charge < -0.3 is 14.2 Å². The van der Waals surface area contributed by atoms with E-state index in [1.165, 1.54) is 199 Å². The summed E-state index contributed by atoms with van der Waals surface area (Å²) in [6, 6.07) is 0. The van der Waals surface area contributed by atoms with E-state index in [9.17, 15) is 14.4 Å². The lowest BCUT2D eigenvalue weighted by molar-refractivity contribution is -0.167. The van der Waals surface area contributed by atoms with Crippen LogP contribution in [0.1, 0.15) is 323 Å². The molecular formula is C62H114O6. The molecule has 0 aliphatic carbocycles. The Hall–Kier alpha value is -2.37. The van der Waals surface area contributed by atoms with Crippen LogP contribution in [0.5, 0.6) is 0 Å². The fraction of sp³-hybridized carbons (Fsp3) is 0.855. The van der Waals surface area contributed by atoms with Crippen molar-refractivity contribution in [2.24, 2.45) is 0 Å². The van der Waals surface area contributed by atoms with Gasteiger partial charge in [-0.25, -0.2) is 0 Å². The first-order valence-corrected chi connectivity index (χ1v) is 30.0. The van der Waals surface area contributed by atoms with Gasteiger partial charge in [-0.3, -0.25) is 14.4 Å². The quantitative estimate of drug-likeness (QED) is 0.0262. The minimum atomic E-state index is -0.783. The fourth-order valence-electron chi connectivity index (χ4n) is 8.93. The molecule has 398 valence electrons. The second kappa shape index (κ2) is 57.2. The molecule has 0 aliphatic rings. The Kier molecular flexibility index (Phi) is 55.2. The molecule has 0 radical (unpaired) electrons. The SMILES string of the molecule is CC/C=C\C/C=C\C/C=C\CCCCCC(=O)OC(COC(=O)CCCCCCCCCCCCCC)COC(=O)CCCCCCCCCCCCCCCCCCCCCCCCCCC. The highest BCUT2D eigenvalue weighted by Gasteiger charge is 2.19. The summed E-state index contributed by atoms with van der Waals surface area (Å²) >= 11 is 0. The molecule has 0 bridgehead atoms. The van der Waals surface area contributed by atoms with Gasteiger partial charge in [0.15, 0.2) is 6.10 Å². The number of carbonyl (C=O) groups is 3. The van der Waals surface area contributed by atoms with Crippen LogP contribution >= 0.6 is 0 Å². The lowest BCUT2D eigenvalue weighted by Crippen LogP contribution is -2.30. The standard InChI is InChI=1S/C62H114O6/c1-4-7-10-13-16-19-22-25-26-27-28-29-30-31-32-33-34-35-36-38-40-43-46-49-52-55-61(64)67-58-59(57-66-60(63)54-51-48-45-42-39-24-21-18-15-12-9-6-3)68-62(65)56-53-50-47-44-41-37-23-20-17-14-11-8-5-2/h8,11,17,20,37,41,59H,4-7,9-10,12-16,18-19,21-36,38-40,42-58H2,1-3H3/b11-8-,20-17-,41-37-. The summed E-state index contributed by atoms with van der Waals surface area (Å²) in [6.45, 7) is 6.54. The molecule has 0 aliphatic heterocycles. The van der Waals surface area contributed by atoms with Crippen LogP contribution in [0.2, 0.25) is 0 Å². The van der Waals surface area contributed by atoms with E-state index in [0.29, 0.717) is 19.3 Å². The number of ether oxygens (including phenoxy) is 3. The molecule has 68 heavy (non-hydrogen) atoms. The molecule has 1 atom stereocenters. The molecule has 0 aromatic heterocycles. The van der Waals surface area contributed by atoms with Crippen molar-refractivity contribution in [1.82, 2.24) is 0 Å². The number of hydrogen-bond donors (Lipinski definition) is 0. The van der Waals surface area contributed by atoms with Crippen molar-refractivity contribution >= 4 is 17.9 Å². The zero-order valence-electron chi connectivity index (χ0n) is 45.6. The van der Waals surface area contributed by atoms with Crippen LogP contribution in [0.4, 0.5) is 0 Å². The van der Waals surface area contributed by atoms with E-state index in [1.807, 2.05) is 0 Å². The molecule has 0 N–H and O–H groups in total. The Balaban J connectivity index is 4.19. The van der Waals surface area contributed by atoms with E-state index in [0.717, 1.165) is 83.5 Å². The molecule has 0 heterocycles. The monoisotopic (exact) mass is 955 g/mol. The average molecular weight is 956 g/mol. The Morgan fingerprint density at radius 1 is 0.309 bits per heavy atom. The van der Waals surface area contributed by atoms with Crippen LogP contribution in [0, 0.1) is 0 Å². The first-order chi connectivity index (χ1) is 33.5. The highest BCUT2D eigenvalue weighted by Crippen LogP contribution is 2.17. The van der Waals surface area contributed by atoms with Crippen molar-refractivity contribution < 1.29 is 28.6 Å². The van der Waals surface area contributed by atoms with E-state index in [1.54, 1.807) is 0 Å². The molecular weight excluding hydrogens is 841 g/mol. The molecule has 0 fully saturated rings. The van der Waals surface area contributed by atoms with E-state index in [4.69, 9.17) is 14.2 Å². The third-order valence-corrected chi connectivity index (χ3v) is 13.4. The smallest absolute Gasteiger partial charge is 0.306 e. The summed E-state index contributed by atoms with van der Waals surface area (Å²) in [5.41, 5.74) is 0. The van der Waals surface area contributed by atoms with Crippen LogP contribution in [-0.4, -0.2) is 37.2 Å². The topological polar surface area (TPSA) is 78.9 Å². The minimum absolute atomic E-state index is 0.0793. The molecule has 0 aromatic carbocycles. The second-order valence-electron chi connectivity index (χ2n) is 20.2. The van der Waals surface area contributed by atoms with Gasteiger partial charge in [-0.1, -0.05) is 288 Å². The molecule has 0 aromatic rings. The van der Waals surface area contributed by atoms with Crippen molar-refractivity contribution in [1.29, 1.82) is 0 Å². The van der Waals surface area contributed by atoms with Crippen molar-refractivity contribution in [3.8, 4) is 0 Å². The van der Waals surface area contributed by atoms with Crippen LogP contribution in [0.15, 0.2) is 36.5 Å². The Labute approximate surface area is 423 Å². The summed E-state index contributed by atoms with van der Waals surface area (Å²) < 4.78 is 16.8. The lowest BCUT2D eigenvalue weighted by atomic mass is 10.0. The molecule has 0 amide bonds. The third-order valence-electron chi connectivity index (χ3n) is 13.4. The molecule has 6 heteroatoms. The number of esters is 3. The summed E-state index contributed by atoms with van der Waals surface area (Å²) in [5.74, 6) is -0.891. The molecule has 0 rings (SSSR count). The van der Waals surface area contributed by atoms with Crippen LogP contribution in [-0.2, 0) is 28.6 Å². The second-order valence-corrected chi connectivity index (χ2v) is 20.2. The Morgan fingerprint density at radius 3 is 0.897 bits per heavy atom. The minimum Gasteiger partial charge on any atom is -0.462 e. The molecule has 0 saturated carbocycles. The predicted octanol–water partition coefficient (Wildman–Crippen LogP) is 20.0. The maximum Gasteiger partial charge on any atom is 0.306 e. The largest absolute Gasteiger partial charge is 0.462 e. The average Bonchev–Trinajstić information content (AvgIpc) is 3.34. The van der Waals surface area contributed by atoms with Gasteiger partial charge in [0, 0.05) is 19.3 Å². The normalized spacial score (nSPS) is 12.2. The number of hydrogen-bond acceptors (Lipinski definition) is 6. The van der Waals surface area contributed by atoms with Gasteiger partial charge in [0.1, 0.15) is 13.2 Å². The zero-order valence-corrected chi connectivity index (χ0v) is 45.6. The zero-order chi connectivity index (χ0) is 49.3. The van der Waals surface area contributed by atoms with Crippen LogP contribution in [0.25, 0.3) is 0 Å². The summed E-state index contributed by atoms with van der Waals surface area (Å²) in [7, 11) is 0. The summed E-state index contributed by atoms with van der Waals surface area (Å²) in [6.07, 6.45) is 68.8. The summed E-state index contributed by atoms with van der Waals surface area (Å²) in [5, 5.41) is 0. The highest BCUT2D eigenvalue weighted by atomic mass is 16.6. The van der Waals surface area contributed by atoms with Crippen molar-refractivity contribution in [2.75, 3.05) is 13.2 Å². The van der Waals surface area contributed by atoms with Gasteiger partial charge in [-0.05, 0) is 51.4 Å². The van der Waals surface area contributed by atoms with Crippen LogP contribution < -0.4 is 0 Å². The maximum absolute atomic E-state index is 12.8. The molecule has 0 spiro atoms. The number of allylic oxidation sites excluding steroid dienone is 6. The first-order valence-electron chi connectivity index (χ1n) is 30.0. The van der Waals surface area contributed by atoms with E-state index in [-0.39, 0.29) is 31.1 Å². The molecule has 1 unspecified atom stereocenters. The summed E-state index contributed by atoms with van der Waals surface area (Å²) in [4.78, 5) is 38.1. The van der Waals surface area contributed by atoms with E-state index in [2.05, 4.69) is 57.2 Å². The van der Waals surface area contributed by atoms with Gasteiger partial charge >= 0.3 is 17.9 Å². The first kappa shape index (κ1) is 65.6. The fourth-order valence-corrected chi connectivity index (χ4v) is 8.93. The van der Waals surface area contributed by atoms with Crippen molar-refractivity contribution in [3.05, 3.63) is 36.5 Å². The van der Waals surface area contributed by atoms with Crippen molar-refractivity contribution in [2.45, 2.75) is 329 Å². The van der Waals surface area contributed by atoms with Crippen molar-refractivity contribution in [3.63, 3.8) is 0 Å². The Bertz CT molecular complexity index is 1140.